The quantitative estimate of drug-likeness (QED) is 0.230. The van der Waals surface area contributed by atoms with Crippen LogP contribution in [0.5, 0.6) is 0 Å². The molecule has 0 aliphatic rings. The maximum absolute atomic E-state index is 13.3. The Morgan fingerprint density at radius 3 is 2.23 bits per heavy atom. The van der Waals surface area contributed by atoms with E-state index in [4.69, 9.17) is 21.2 Å². The molecule has 0 bridgehead atoms. The topological polar surface area (TPSA) is 205 Å². The van der Waals surface area contributed by atoms with E-state index >= 15 is 0 Å². The molecule has 13 nitrogen and oxygen atoms in total. The Morgan fingerprint density at radius 2 is 1.69 bits per heavy atom. The van der Waals surface area contributed by atoms with E-state index in [1.807, 2.05) is 0 Å². The first kappa shape index (κ1) is 29.6. The van der Waals surface area contributed by atoms with Crippen LogP contribution in [-0.2, 0) is 19.6 Å². The van der Waals surface area contributed by atoms with Gasteiger partial charge in [0.1, 0.15) is 26.7 Å². The van der Waals surface area contributed by atoms with Crippen LogP contribution in [0, 0.1) is 27.7 Å². The van der Waals surface area contributed by atoms with Crippen molar-refractivity contribution < 1.29 is 42.3 Å². The van der Waals surface area contributed by atoms with Crippen LogP contribution in [0.4, 0.5) is 10.9 Å². The number of carbonyl (C=O) groups excluding carboxylic acids is 2. The highest BCUT2D eigenvalue weighted by atomic mass is 35.5. The number of benzene rings is 1. The fraction of sp³-hybridized carbons (Fsp3) is 0.261. The summed E-state index contributed by atoms with van der Waals surface area (Å²) in [6.07, 6.45) is -0.846. The average molecular weight is 599 g/mol. The number of nitrogens with one attached hydrogen (secondary N) is 3. The molecule has 0 radical (unpaired) electrons. The second-order valence-electron chi connectivity index (χ2n) is 8.43. The predicted molar refractivity (Wildman–Crippen MR) is 141 cm³/mol. The summed E-state index contributed by atoms with van der Waals surface area (Å²) in [5.41, 5.74) is 1.37. The van der Waals surface area contributed by atoms with E-state index < -0.39 is 46.2 Å². The molecule has 39 heavy (non-hydrogen) atoms. The molecule has 2 heterocycles. The fourth-order valence-corrected chi connectivity index (χ4v) is 6.30. The first-order valence-electron chi connectivity index (χ1n) is 11.0. The van der Waals surface area contributed by atoms with Gasteiger partial charge in [-0.25, -0.2) is 17.9 Å². The van der Waals surface area contributed by atoms with Gasteiger partial charge in [-0.05, 0) is 55.8 Å². The SMILES string of the molecule is Cc1cc(C)c(C(=O)NC(CC(=O)O)C(=O)O)c(C)c1C(=O)Nc1sccc1S(=O)(=O)Nc1onc(C)c1Cl. The molecule has 16 heteroatoms. The second-order valence-corrected chi connectivity index (χ2v) is 11.4. The number of rotatable bonds is 10. The smallest absolute Gasteiger partial charge is 0.326 e. The van der Waals surface area contributed by atoms with Gasteiger partial charge in [0.15, 0.2) is 0 Å². The lowest BCUT2D eigenvalue weighted by atomic mass is 9.92. The van der Waals surface area contributed by atoms with Crippen LogP contribution < -0.4 is 15.4 Å². The summed E-state index contributed by atoms with van der Waals surface area (Å²) >= 11 is 6.93. The molecule has 0 saturated heterocycles. The number of aromatic nitrogens is 1. The van der Waals surface area contributed by atoms with Crippen LogP contribution >= 0.6 is 22.9 Å². The summed E-state index contributed by atoms with van der Waals surface area (Å²) in [5, 5.41) is 27.9. The van der Waals surface area contributed by atoms with E-state index in [1.165, 1.54) is 31.4 Å². The lowest BCUT2D eigenvalue weighted by molar-refractivity contribution is -0.145. The third kappa shape index (κ3) is 6.38. The van der Waals surface area contributed by atoms with Crippen LogP contribution in [0.1, 0.15) is 49.5 Å². The highest BCUT2D eigenvalue weighted by Crippen LogP contribution is 2.33. The third-order valence-electron chi connectivity index (χ3n) is 5.57. The Bertz CT molecular complexity index is 1590. The minimum Gasteiger partial charge on any atom is -0.481 e. The zero-order valence-corrected chi connectivity index (χ0v) is 23.3. The Labute approximate surface area is 231 Å². The standard InChI is InChI=1S/C23H23ClN4O9S2/c1-9-7-10(2)17(11(3)16(9)19(31)25-13(23(33)34)8-15(29)30)20(32)26-22-14(5-6-38-22)39(35,36)28-21-18(24)12(4)27-37-21/h5-7,13,28H,8H2,1-4H3,(H,25,31)(H,26,32)(H,29,30)(H,33,34). The lowest BCUT2D eigenvalue weighted by Gasteiger charge is -2.19. The number of carbonyl (C=O) groups is 4. The van der Waals surface area contributed by atoms with Crippen LogP contribution in [0.3, 0.4) is 0 Å². The van der Waals surface area contributed by atoms with Crippen molar-refractivity contribution in [3.8, 4) is 0 Å². The Hall–Kier alpha value is -3.95. The van der Waals surface area contributed by atoms with Gasteiger partial charge in [-0.2, -0.15) is 0 Å². The maximum atomic E-state index is 13.3. The molecule has 5 N–H and O–H groups in total. The van der Waals surface area contributed by atoms with Crippen LogP contribution in [0.2, 0.25) is 5.02 Å². The number of carboxylic acids is 2. The third-order valence-corrected chi connectivity index (χ3v) is 8.35. The predicted octanol–water partition coefficient (Wildman–Crippen LogP) is 3.33. The number of anilines is 2. The van der Waals surface area contributed by atoms with E-state index in [1.54, 1.807) is 13.8 Å². The number of carboxylic acid groups (broad SMARTS) is 2. The number of sulfonamides is 1. The van der Waals surface area contributed by atoms with Gasteiger partial charge in [0.05, 0.1) is 6.42 Å². The molecule has 0 fully saturated rings. The van der Waals surface area contributed by atoms with E-state index in [2.05, 4.69) is 20.5 Å². The number of nitrogens with zero attached hydrogens (tertiary/aromatic N) is 1. The molecule has 0 spiro atoms. The summed E-state index contributed by atoms with van der Waals surface area (Å²) in [6, 6.07) is 1.11. The van der Waals surface area contributed by atoms with Crippen LogP contribution in [0.15, 0.2) is 26.9 Å². The van der Waals surface area contributed by atoms with Crippen molar-refractivity contribution in [2.24, 2.45) is 0 Å². The maximum Gasteiger partial charge on any atom is 0.326 e. The first-order valence-corrected chi connectivity index (χ1v) is 13.8. The number of aliphatic carboxylic acids is 2. The molecule has 0 aliphatic heterocycles. The molecule has 1 atom stereocenters. The van der Waals surface area contributed by atoms with E-state index in [-0.39, 0.29) is 43.2 Å². The fourth-order valence-electron chi connectivity index (χ4n) is 3.85. The van der Waals surface area contributed by atoms with Gasteiger partial charge in [0.2, 0.25) is 0 Å². The van der Waals surface area contributed by atoms with Crippen molar-refractivity contribution in [2.45, 2.75) is 45.1 Å². The Kier molecular flexibility index (Phi) is 8.67. The molecule has 208 valence electrons. The monoisotopic (exact) mass is 598 g/mol. The molecule has 2 aromatic heterocycles. The van der Waals surface area contributed by atoms with Gasteiger partial charge in [0.25, 0.3) is 27.7 Å². The molecule has 2 amide bonds. The zero-order valence-electron chi connectivity index (χ0n) is 20.9. The lowest BCUT2D eigenvalue weighted by Crippen LogP contribution is -2.42. The van der Waals surface area contributed by atoms with Gasteiger partial charge in [-0.15, -0.1) is 11.3 Å². The molecule has 3 aromatic rings. The van der Waals surface area contributed by atoms with Crippen molar-refractivity contribution in [3.05, 3.63) is 56.0 Å². The van der Waals surface area contributed by atoms with Crippen LogP contribution in [-0.4, -0.2) is 53.6 Å². The van der Waals surface area contributed by atoms with Crippen molar-refractivity contribution >= 4 is 67.6 Å². The Morgan fingerprint density at radius 1 is 1.08 bits per heavy atom. The van der Waals surface area contributed by atoms with Gasteiger partial charge >= 0.3 is 11.9 Å². The number of thiophene rings is 1. The molecule has 1 aromatic carbocycles. The second kappa shape index (κ2) is 11.4. The number of aryl methyl sites for hydroxylation is 3. The largest absolute Gasteiger partial charge is 0.481 e. The summed E-state index contributed by atoms with van der Waals surface area (Å²) in [4.78, 5) is 48.4. The zero-order chi connectivity index (χ0) is 29.2. The van der Waals surface area contributed by atoms with Gasteiger partial charge in [-0.3, -0.25) is 14.4 Å². The Balaban J connectivity index is 1.93. The number of amides is 2. The van der Waals surface area contributed by atoms with Crippen molar-refractivity contribution in [3.63, 3.8) is 0 Å². The minimum atomic E-state index is -4.26. The van der Waals surface area contributed by atoms with Gasteiger partial charge in [-0.1, -0.05) is 22.8 Å². The van der Waals surface area contributed by atoms with E-state index in [0.29, 0.717) is 11.1 Å². The minimum absolute atomic E-state index is 0.0154. The van der Waals surface area contributed by atoms with E-state index in [9.17, 15) is 32.7 Å². The van der Waals surface area contributed by atoms with Crippen LogP contribution in [0.25, 0.3) is 0 Å². The highest BCUT2D eigenvalue weighted by molar-refractivity contribution is 7.93. The number of halogens is 1. The molecule has 0 aliphatic carbocycles. The molecule has 3 rings (SSSR count). The normalized spacial score (nSPS) is 12.0. The highest BCUT2D eigenvalue weighted by Gasteiger charge is 2.29. The first-order chi connectivity index (χ1) is 18.1. The molecule has 1 unspecified atom stereocenters. The van der Waals surface area contributed by atoms with Gasteiger partial charge in [0, 0.05) is 11.1 Å². The van der Waals surface area contributed by atoms with Crippen molar-refractivity contribution in [2.75, 3.05) is 10.0 Å². The summed E-state index contributed by atoms with van der Waals surface area (Å²) < 4.78 is 33.0. The van der Waals surface area contributed by atoms with Gasteiger partial charge < -0.3 is 25.4 Å². The molecular weight excluding hydrogens is 576 g/mol. The van der Waals surface area contributed by atoms with Crippen molar-refractivity contribution in [1.29, 1.82) is 0 Å². The summed E-state index contributed by atoms with van der Waals surface area (Å²) in [6.45, 7) is 6.19. The number of hydrogen-bond donors (Lipinski definition) is 5. The molecule has 0 saturated carbocycles. The van der Waals surface area contributed by atoms with E-state index in [0.717, 1.165) is 11.3 Å². The average Bonchev–Trinajstić information content (AvgIpc) is 3.40. The summed E-state index contributed by atoms with van der Waals surface area (Å²) in [5.74, 6) is -4.85. The van der Waals surface area contributed by atoms with Crippen molar-refractivity contribution in [1.82, 2.24) is 10.5 Å². The number of hydrogen-bond acceptors (Lipinski definition) is 9. The summed E-state index contributed by atoms with van der Waals surface area (Å²) in [7, 11) is -4.26. The molecular formula is C23H23ClN4O9S2.